The summed E-state index contributed by atoms with van der Waals surface area (Å²) in [4.78, 5) is 5.11. The third-order valence-electron chi connectivity index (χ3n) is 1.39. The zero-order valence-corrected chi connectivity index (χ0v) is 8.31. The fraction of sp³-hybridized carbons (Fsp3) is 0.333. The lowest BCUT2D eigenvalue weighted by Crippen LogP contribution is -1.84. The van der Waals surface area contributed by atoms with Gasteiger partial charge in [-0.1, -0.05) is 18.3 Å². The van der Waals surface area contributed by atoms with Crippen LogP contribution in [0.4, 0.5) is 0 Å². The fourth-order valence-corrected chi connectivity index (χ4v) is 2.13. The number of aryl methyl sites for hydroxylation is 1. The van der Waals surface area contributed by atoms with Crippen LogP contribution in [0.2, 0.25) is 0 Å². The molecule has 2 heterocycles. The lowest BCUT2D eigenvalue weighted by molar-refractivity contribution is 0.894. The van der Waals surface area contributed by atoms with E-state index in [9.17, 15) is 0 Å². The van der Waals surface area contributed by atoms with E-state index in [1.165, 1.54) is 0 Å². The molecule has 0 unspecified atom stereocenters. The SMILES string of the molecule is CCc1nn2c(Br)cnc2s1. The van der Waals surface area contributed by atoms with Crippen LogP contribution in [0.15, 0.2) is 10.8 Å². The summed E-state index contributed by atoms with van der Waals surface area (Å²) < 4.78 is 2.73. The maximum absolute atomic E-state index is 4.32. The Morgan fingerprint density at radius 2 is 2.55 bits per heavy atom. The normalized spacial score (nSPS) is 11.1. The van der Waals surface area contributed by atoms with Crippen LogP contribution in [0.25, 0.3) is 4.96 Å². The van der Waals surface area contributed by atoms with E-state index in [1.807, 2.05) is 4.52 Å². The van der Waals surface area contributed by atoms with E-state index < -0.39 is 0 Å². The smallest absolute Gasteiger partial charge is 0.213 e. The molecule has 0 N–H and O–H groups in total. The van der Waals surface area contributed by atoms with Gasteiger partial charge < -0.3 is 0 Å². The summed E-state index contributed by atoms with van der Waals surface area (Å²) in [6, 6.07) is 0. The Kier molecular flexibility index (Phi) is 1.69. The van der Waals surface area contributed by atoms with Crippen LogP contribution in [-0.2, 0) is 6.42 Å². The molecule has 3 nitrogen and oxygen atoms in total. The van der Waals surface area contributed by atoms with Crippen molar-refractivity contribution in [1.29, 1.82) is 0 Å². The number of hydrogen-bond donors (Lipinski definition) is 0. The Morgan fingerprint density at radius 1 is 1.73 bits per heavy atom. The molecule has 0 spiro atoms. The average Bonchev–Trinajstić information content (AvgIpc) is 2.53. The number of aromatic nitrogens is 3. The van der Waals surface area contributed by atoms with Gasteiger partial charge in [0.25, 0.3) is 0 Å². The molecule has 58 valence electrons. The van der Waals surface area contributed by atoms with E-state index in [0.29, 0.717) is 0 Å². The highest BCUT2D eigenvalue weighted by atomic mass is 79.9. The largest absolute Gasteiger partial charge is 0.225 e. The maximum atomic E-state index is 4.32. The van der Waals surface area contributed by atoms with Crippen LogP contribution >= 0.6 is 27.3 Å². The minimum atomic E-state index is 0.920. The van der Waals surface area contributed by atoms with Crippen LogP contribution in [-0.4, -0.2) is 14.6 Å². The van der Waals surface area contributed by atoms with Gasteiger partial charge in [0, 0.05) is 0 Å². The van der Waals surface area contributed by atoms with Gasteiger partial charge in [0.1, 0.15) is 9.61 Å². The Balaban J connectivity index is 2.70. The highest BCUT2D eigenvalue weighted by molar-refractivity contribution is 9.10. The van der Waals surface area contributed by atoms with E-state index in [-0.39, 0.29) is 0 Å². The van der Waals surface area contributed by atoms with Crippen molar-refractivity contribution in [3.63, 3.8) is 0 Å². The second-order valence-corrected chi connectivity index (χ2v) is 3.98. The van der Waals surface area contributed by atoms with E-state index in [1.54, 1.807) is 17.5 Å². The van der Waals surface area contributed by atoms with E-state index in [4.69, 9.17) is 0 Å². The number of fused-ring (bicyclic) bond motifs is 1. The average molecular weight is 232 g/mol. The van der Waals surface area contributed by atoms with Gasteiger partial charge in [0.15, 0.2) is 0 Å². The standard InChI is InChI=1S/C6H6BrN3S/c1-2-5-9-10-4(7)3-8-6(10)11-5/h3H,2H2,1H3. The highest BCUT2D eigenvalue weighted by Gasteiger charge is 2.05. The van der Waals surface area contributed by atoms with Crippen molar-refractivity contribution in [2.45, 2.75) is 13.3 Å². The molecule has 2 aromatic heterocycles. The fourth-order valence-electron chi connectivity index (χ4n) is 0.850. The van der Waals surface area contributed by atoms with E-state index >= 15 is 0 Å². The van der Waals surface area contributed by atoms with Gasteiger partial charge in [0.05, 0.1) is 6.20 Å². The number of rotatable bonds is 1. The van der Waals surface area contributed by atoms with Crippen molar-refractivity contribution in [3.8, 4) is 0 Å². The van der Waals surface area contributed by atoms with Crippen molar-refractivity contribution >= 4 is 32.2 Å². The molecule has 2 aromatic rings. The molecule has 5 heteroatoms. The number of halogens is 1. The molecule has 0 aliphatic rings. The Bertz CT molecular complexity index is 378. The first kappa shape index (κ1) is 7.24. The highest BCUT2D eigenvalue weighted by Crippen LogP contribution is 2.18. The predicted octanol–water partition coefficient (Wildman–Crippen LogP) is 2.12. The summed E-state index contributed by atoms with van der Waals surface area (Å²) in [5.74, 6) is 0. The van der Waals surface area contributed by atoms with Crippen molar-refractivity contribution in [3.05, 3.63) is 15.8 Å². The molecule has 2 rings (SSSR count). The van der Waals surface area contributed by atoms with Gasteiger partial charge in [-0.25, -0.2) is 4.98 Å². The van der Waals surface area contributed by atoms with Gasteiger partial charge in [-0.2, -0.15) is 9.61 Å². The monoisotopic (exact) mass is 231 g/mol. The van der Waals surface area contributed by atoms with Crippen molar-refractivity contribution in [1.82, 2.24) is 14.6 Å². The third-order valence-corrected chi connectivity index (χ3v) is 3.00. The van der Waals surface area contributed by atoms with Crippen LogP contribution in [0.5, 0.6) is 0 Å². The Labute approximate surface area is 76.2 Å². The molecule has 0 fully saturated rings. The molecule has 0 saturated carbocycles. The van der Waals surface area contributed by atoms with E-state index in [2.05, 4.69) is 32.9 Å². The summed E-state index contributed by atoms with van der Waals surface area (Å²) in [5, 5.41) is 5.44. The van der Waals surface area contributed by atoms with Crippen molar-refractivity contribution in [2.75, 3.05) is 0 Å². The minimum Gasteiger partial charge on any atom is -0.225 e. The Hall–Kier alpha value is -0.420. The minimum absolute atomic E-state index is 0.920. The van der Waals surface area contributed by atoms with Crippen LogP contribution < -0.4 is 0 Å². The summed E-state index contributed by atoms with van der Waals surface area (Å²) in [7, 11) is 0. The molecular weight excluding hydrogens is 226 g/mol. The predicted molar refractivity (Wildman–Crippen MR) is 47.9 cm³/mol. The van der Waals surface area contributed by atoms with E-state index in [0.717, 1.165) is 21.0 Å². The first-order valence-corrected chi connectivity index (χ1v) is 4.91. The van der Waals surface area contributed by atoms with Crippen molar-refractivity contribution < 1.29 is 0 Å². The second kappa shape index (κ2) is 2.57. The van der Waals surface area contributed by atoms with Gasteiger partial charge >= 0.3 is 0 Å². The summed E-state index contributed by atoms with van der Waals surface area (Å²) in [6.07, 6.45) is 2.73. The maximum Gasteiger partial charge on any atom is 0.213 e. The van der Waals surface area contributed by atoms with Crippen LogP contribution in [0.3, 0.4) is 0 Å². The quantitative estimate of drug-likeness (QED) is 0.753. The lowest BCUT2D eigenvalue weighted by atomic mass is 10.5. The van der Waals surface area contributed by atoms with Gasteiger partial charge in [0.2, 0.25) is 4.96 Å². The summed E-state index contributed by atoms with van der Waals surface area (Å²) in [6.45, 7) is 2.09. The molecule has 0 aliphatic carbocycles. The first-order valence-electron chi connectivity index (χ1n) is 3.30. The number of imidazole rings is 1. The number of nitrogens with zero attached hydrogens (tertiary/aromatic N) is 3. The van der Waals surface area contributed by atoms with Crippen LogP contribution in [0.1, 0.15) is 11.9 Å². The zero-order valence-electron chi connectivity index (χ0n) is 5.91. The molecule has 0 atom stereocenters. The van der Waals surface area contributed by atoms with Gasteiger partial charge in [-0.15, -0.1) is 0 Å². The molecule has 0 aliphatic heterocycles. The van der Waals surface area contributed by atoms with Crippen molar-refractivity contribution in [2.24, 2.45) is 0 Å². The first-order chi connectivity index (χ1) is 5.31. The molecule has 11 heavy (non-hydrogen) atoms. The second-order valence-electron chi connectivity index (χ2n) is 2.12. The Morgan fingerprint density at radius 3 is 3.18 bits per heavy atom. The zero-order chi connectivity index (χ0) is 7.84. The molecule has 0 radical (unpaired) electrons. The molecule has 0 bridgehead atoms. The summed E-state index contributed by atoms with van der Waals surface area (Å²) >= 11 is 4.98. The molecule has 0 amide bonds. The third kappa shape index (κ3) is 1.08. The number of hydrogen-bond acceptors (Lipinski definition) is 3. The molecule has 0 aromatic carbocycles. The molecule has 0 saturated heterocycles. The summed E-state index contributed by atoms with van der Waals surface area (Å²) in [5.41, 5.74) is 0. The topological polar surface area (TPSA) is 30.2 Å². The van der Waals surface area contributed by atoms with Gasteiger partial charge in [-0.3, -0.25) is 0 Å². The lowest BCUT2D eigenvalue weighted by Gasteiger charge is -1.82. The van der Waals surface area contributed by atoms with Gasteiger partial charge in [-0.05, 0) is 22.4 Å². The molecular formula is C6H6BrN3S. The van der Waals surface area contributed by atoms with Crippen LogP contribution in [0, 0.1) is 0 Å².